The Morgan fingerprint density at radius 1 is 1.31 bits per heavy atom. The number of hydrogen-bond acceptors (Lipinski definition) is 8. The summed E-state index contributed by atoms with van der Waals surface area (Å²) in [5.41, 5.74) is -0.549. The van der Waals surface area contributed by atoms with Crippen LogP contribution in [0.2, 0.25) is 0 Å². The van der Waals surface area contributed by atoms with Gasteiger partial charge in [0.1, 0.15) is 17.5 Å². The van der Waals surface area contributed by atoms with Gasteiger partial charge in [-0.25, -0.2) is 4.79 Å². The fourth-order valence-corrected chi connectivity index (χ4v) is 3.27. The van der Waals surface area contributed by atoms with Crippen molar-refractivity contribution in [3.05, 3.63) is 18.5 Å². The first kappa shape index (κ1) is 23.5. The largest absolute Gasteiger partial charge is 0.473 e. The molecule has 1 saturated heterocycles. The van der Waals surface area contributed by atoms with Crippen molar-refractivity contribution in [2.24, 2.45) is 5.92 Å². The molecule has 3 heterocycles. The van der Waals surface area contributed by atoms with E-state index in [2.05, 4.69) is 30.2 Å². The topological polar surface area (TPSA) is 114 Å². The van der Waals surface area contributed by atoms with Crippen molar-refractivity contribution in [3.63, 3.8) is 0 Å². The van der Waals surface area contributed by atoms with Crippen molar-refractivity contribution in [1.82, 2.24) is 25.1 Å². The quantitative estimate of drug-likeness (QED) is 0.674. The van der Waals surface area contributed by atoms with Crippen LogP contribution < -0.4 is 14.8 Å². The second-order valence-corrected chi connectivity index (χ2v) is 8.57. The summed E-state index contributed by atoms with van der Waals surface area (Å²) < 4.78 is 40.3. The smallest absolute Gasteiger partial charge is 0.410 e. The minimum Gasteiger partial charge on any atom is -0.473 e. The van der Waals surface area contributed by atoms with Gasteiger partial charge in [-0.3, -0.25) is 10.1 Å². The summed E-state index contributed by atoms with van der Waals surface area (Å²) in [4.78, 5) is 22.6. The lowest BCUT2D eigenvalue weighted by molar-refractivity contribution is -0.0528. The van der Waals surface area contributed by atoms with Crippen molar-refractivity contribution >= 4 is 17.7 Å². The fraction of sp³-hybridized carbons (Fsp3) is 0.600. The summed E-state index contributed by atoms with van der Waals surface area (Å²) in [6, 6.07) is 1.28. The Morgan fingerprint density at radius 3 is 2.81 bits per heavy atom. The number of amides is 1. The Labute approximate surface area is 184 Å². The van der Waals surface area contributed by atoms with Crippen LogP contribution in [0.25, 0.3) is 0 Å². The first-order chi connectivity index (χ1) is 15.1. The normalized spacial score (nSPS) is 19.4. The molecule has 0 spiro atoms. The SMILES string of the molecule is CC1CN(C(=O)OC(C)(C)C)CCCC1Oc1cncc(Nc2cc(OC(F)F)n[nH]2)n1. The number of H-pyrrole nitrogens is 1. The van der Waals surface area contributed by atoms with Gasteiger partial charge in [0.25, 0.3) is 0 Å². The highest BCUT2D eigenvalue weighted by molar-refractivity contribution is 5.68. The number of nitrogens with one attached hydrogen (secondary N) is 2. The highest BCUT2D eigenvalue weighted by Gasteiger charge is 2.30. The lowest BCUT2D eigenvalue weighted by Crippen LogP contribution is -2.40. The molecule has 0 bridgehead atoms. The van der Waals surface area contributed by atoms with E-state index in [1.807, 2.05) is 27.7 Å². The van der Waals surface area contributed by atoms with Gasteiger partial charge >= 0.3 is 12.7 Å². The van der Waals surface area contributed by atoms with Crippen molar-refractivity contribution in [2.75, 3.05) is 18.4 Å². The van der Waals surface area contributed by atoms with E-state index in [-0.39, 0.29) is 24.0 Å². The van der Waals surface area contributed by atoms with Crippen LogP contribution in [0, 0.1) is 5.92 Å². The zero-order valence-electron chi connectivity index (χ0n) is 18.5. The number of aromatic nitrogens is 4. The molecule has 0 aliphatic carbocycles. The summed E-state index contributed by atoms with van der Waals surface area (Å²) in [5, 5.41) is 9.03. The van der Waals surface area contributed by atoms with Gasteiger partial charge in [0.05, 0.1) is 12.4 Å². The van der Waals surface area contributed by atoms with E-state index in [0.29, 0.717) is 30.6 Å². The molecular weight excluding hydrogens is 426 g/mol. The standard InChI is InChI=1S/C20H28F2N6O4/c1-12-11-28(19(29)32-20(2,3)4)7-5-6-13(12)30-17-10-23-9-15(25-17)24-14-8-16(27-26-14)31-18(21)22/h8-10,12-13,18H,5-7,11H2,1-4H3,(H2,24,25,26,27). The molecule has 1 aliphatic heterocycles. The molecule has 0 radical (unpaired) electrons. The van der Waals surface area contributed by atoms with Gasteiger partial charge in [0.2, 0.25) is 11.8 Å². The van der Waals surface area contributed by atoms with Gasteiger partial charge in [0, 0.05) is 25.1 Å². The molecular formula is C20H28F2N6O4. The lowest BCUT2D eigenvalue weighted by atomic mass is 10.0. The predicted molar refractivity (Wildman–Crippen MR) is 111 cm³/mol. The zero-order chi connectivity index (χ0) is 23.3. The minimum atomic E-state index is -2.96. The van der Waals surface area contributed by atoms with Crippen molar-refractivity contribution in [2.45, 2.75) is 58.9 Å². The van der Waals surface area contributed by atoms with Crippen LogP contribution in [0.1, 0.15) is 40.5 Å². The number of aromatic amines is 1. The summed E-state index contributed by atoms with van der Waals surface area (Å²) in [5.74, 6) is 0.755. The average molecular weight is 454 g/mol. The number of carbonyl (C=O) groups excluding carboxylic acids is 1. The van der Waals surface area contributed by atoms with Crippen LogP contribution in [0.4, 0.5) is 25.2 Å². The third kappa shape index (κ3) is 6.92. The first-order valence-electron chi connectivity index (χ1n) is 10.3. The van der Waals surface area contributed by atoms with Gasteiger partial charge in [-0.15, -0.1) is 5.10 Å². The maximum Gasteiger partial charge on any atom is 0.410 e. The predicted octanol–water partition coefficient (Wildman–Crippen LogP) is 3.96. The molecule has 3 rings (SSSR count). The highest BCUT2D eigenvalue weighted by atomic mass is 19.3. The molecule has 2 aromatic rings. The first-order valence-corrected chi connectivity index (χ1v) is 10.3. The maximum atomic E-state index is 12.4. The number of halogens is 2. The van der Waals surface area contributed by atoms with Crippen molar-refractivity contribution < 1.29 is 27.8 Å². The Morgan fingerprint density at radius 2 is 2.09 bits per heavy atom. The van der Waals surface area contributed by atoms with E-state index in [1.54, 1.807) is 4.90 Å². The molecule has 2 unspecified atom stereocenters. The average Bonchev–Trinajstić information content (AvgIpc) is 3.02. The van der Waals surface area contributed by atoms with Gasteiger partial charge in [-0.2, -0.15) is 13.8 Å². The monoisotopic (exact) mass is 454 g/mol. The number of rotatable bonds is 6. The minimum absolute atomic E-state index is 0.0464. The Hall–Kier alpha value is -3.18. The van der Waals surface area contributed by atoms with Crippen molar-refractivity contribution in [3.8, 4) is 11.8 Å². The van der Waals surface area contributed by atoms with E-state index in [0.717, 1.165) is 12.8 Å². The van der Waals surface area contributed by atoms with Crippen LogP contribution in [0.15, 0.2) is 18.5 Å². The van der Waals surface area contributed by atoms with E-state index in [4.69, 9.17) is 9.47 Å². The molecule has 2 N–H and O–H groups in total. The summed E-state index contributed by atoms with van der Waals surface area (Å²) in [6.45, 7) is 5.67. The van der Waals surface area contributed by atoms with Crippen LogP contribution in [-0.2, 0) is 4.74 Å². The number of hydrogen-bond donors (Lipinski definition) is 2. The lowest BCUT2D eigenvalue weighted by Gasteiger charge is -2.28. The number of nitrogens with zero attached hydrogens (tertiary/aromatic N) is 4. The number of likely N-dealkylation sites (tertiary alicyclic amines) is 1. The molecule has 1 amide bonds. The molecule has 0 saturated carbocycles. The molecule has 32 heavy (non-hydrogen) atoms. The van der Waals surface area contributed by atoms with E-state index in [9.17, 15) is 13.6 Å². The van der Waals surface area contributed by atoms with Gasteiger partial charge in [-0.05, 0) is 33.6 Å². The number of alkyl halides is 2. The second kappa shape index (κ2) is 9.96. The maximum absolute atomic E-state index is 12.4. The van der Waals surface area contributed by atoms with Crippen LogP contribution in [0.5, 0.6) is 11.8 Å². The van der Waals surface area contributed by atoms with E-state index >= 15 is 0 Å². The highest BCUT2D eigenvalue weighted by Crippen LogP contribution is 2.24. The summed E-state index contributed by atoms with van der Waals surface area (Å²) >= 11 is 0. The molecule has 10 nitrogen and oxygen atoms in total. The summed E-state index contributed by atoms with van der Waals surface area (Å²) in [7, 11) is 0. The molecule has 1 fully saturated rings. The number of ether oxygens (including phenoxy) is 3. The van der Waals surface area contributed by atoms with Gasteiger partial charge in [0.15, 0.2) is 5.82 Å². The molecule has 12 heteroatoms. The Bertz CT molecular complexity index is 904. The number of anilines is 2. The molecule has 176 valence electrons. The fourth-order valence-electron chi connectivity index (χ4n) is 3.27. The third-order valence-corrected chi connectivity index (χ3v) is 4.62. The second-order valence-electron chi connectivity index (χ2n) is 8.57. The molecule has 2 aromatic heterocycles. The molecule has 1 aliphatic rings. The number of carbonyl (C=O) groups is 1. The molecule has 2 atom stereocenters. The van der Waals surface area contributed by atoms with Gasteiger partial charge in [-0.1, -0.05) is 6.92 Å². The zero-order valence-corrected chi connectivity index (χ0v) is 18.5. The third-order valence-electron chi connectivity index (χ3n) is 4.62. The Kier molecular flexibility index (Phi) is 7.31. The molecule has 0 aromatic carbocycles. The van der Waals surface area contributed by atoms with Gasteiger partial charge < -0.3 is 24.4 Å². The van der Waals surface area contributed by atoms with Crippen LogP contribution in [-0.4, -0.2) is 62.6 Å². The van der Waals surface area contributed by atoms with Crippen LogP contribution >= 0.6 is 0 Å². The Balaban J connectivity index is 1.60. The van der Waals surface area contributed by atoms with E-state index in [1.165, 1.54) is 18.5 Å². The van der Waals surface area contributed by atoms with Crippen molar-refractivity contribution in [1.29, 1.82) is 0 Å². The van der Waals surface area contributed by atoms with Crippen LogP contribution in [0.3, 0.4) is 0 Å². The summed E-state index contributed by atoms with van der Waals surface area (Å²) in [6.07, 6.45) is 3.97. The van der Waals surface area contributed by atoms with E-state index < -0.39 is 12.2 Å².